The number of nitrogens with zero attached hydrogens (tertiary/aromatic N) is 3. The van der Waals surface area contributed by atoms with Gasteiger partial charge in [0, 0.05) is 31.4 Å². The lowest BCUT2D eigenvalue weighted by Crippen LogP contribution is -2.39. The molecule has 1 fully saturated rings. The number of piperidine rings is 1. The highest BCUT2D eigenvalue weighted by molar-refractivity contribution is 5.94. The molecule has 1 N–H and O–H groups in total. The molecule has 1 amide bonds. The molecule has 5 nitrogen and oxygen atoms in total. The van der Waals surface area contributed by atoms with E-state index in [4.69, 9.17) is 0 Å². The fourth-order valence-electron chi connectivity index (χ4n) is 3.53. The maximum atomic E-state index is 12.4. The zero-order valence-electron chi connectivity index (χ0n) is 15.3. The van der Waals surface area contributed by atoms with Crippen molar-refractivity contribution in [2.75, 3.05) is 24.5 Å². The number of carbonyl (C=O) groups excluding carboxylic acids is 1. The molecular formula is C21H24N4O. The Morgan fingerprint density at radius 3 is 2.62 bits per heavy atom. The lowest BCUT2D eigenvalue weighted by Gasteiger charge is -2.33. The molecule has 2 heterocycles. The lowest BCUT2D eigenvalue weighted by atomic mass is 9.96. The number of amides is 1. The van der Waals surface area contributed by atoms with Crippen molar-refractivity contribution in [3.63, 3.8) is 0 Å². The van der Waals surface area contributed by atoms with Crippen molar-refractivity contribution in [1.82, 2.24) is 10.3 Å². The van der Waals surface area contributed by atoms with Gasteiger partial charge in [0.05, 0.1) is 5.56 Å². The standard InChI is InChI=1S/C21H24N4O/c1-15-10-16(2)12-19(11-15)21(26)24-14-17-5-8-25(9-6-17)20-18(13-22)4-3-7-23-20/h3-4,7,10-12,17H,5-6,8-9,14H2,1-2H3,(H,24,26). The summed E-state index contributed by atoms with van der Waals surface area (Å²) in [6.07, 6.45) is 3.69. The summed E-state index contributed by atoms with van der Waals surface area (Å²) in [5, 5.41) is 12.3. The van der Waals surface area contributed by atoms with Crippen LogP contribution in [0.2, 0.25) is 0 Å². The third kappa shape index (κ3) is 4.20. The summed E-state index contributed by atoms with van der Waals surface area (Å²) in [6.45, 7) is 6.41. The minimum absolute atomic E-state index is 0.00396. The second-order valence-electron chi connectivity index (χ2n) is 7.00. The minimum atomic E-state index is -0.00396. The first-order valence-electron chi connectivity index (χ1n) is 9.03. The van der Waals surface area contributed by atoms with Crippen LogP contribution < -0.4 is 10.2 Å². The molecule has 134 valence electrons. The highest BCUT2D eigenvalue weighted by Gasteiger charge is 2.22. The molecule has 0 saturated carbocycles. The number of hydrogen-bond donors (Lipinski definition) is 1. The first kappa shape index (κ1) is 17.9. The van der Waals surface area contributed by atoms with Crippen LogP contribution in [0.5, 0.6) is 0 Å². The zero-order chi connectivity index (χ0) is 18.5. The minimum Gasteiger partial charge on any atom is -0.356 e. The van der Waals surface area contributed by atoms with E-state index in [-0.39, 0.29) is 5.91 Å². The second-order valence-corrected chi connectivity index (χ2v) is 7.00. The summed E-state index contributed by atoms with van der Waals surface area (Å²) in [5.41, 5.74) is 3.56. The van der Waals surface area contributed by atoms with Gasteiger partial charge in [0.2, 0.25) is 0 Å². The number of benzene rings is 1. The number of hydrogen-bond acceptors (Lipinski definition) is 4. The van der Waals surface area contributed by atoms with Crippen LogP contribution in [0.1, 0.15) is 39.9 Å². The number of nitrogens with one attached hydrogen (secondary N) is 1. The Labute approximate surface area is 154 Å². The fourth-order valence-corrected chi connectivity index (χ4v) is 3.53. The van der Waals surface area contributed by atoms with Crippen LogP contribution in [0, 0.1) is 31.1 Å². The summed E-state index contributed by atoms with van der Waals surface area (Å²) in [5.74, 6) is 1.22. The molecule has 0 aliphatic carbocycles. The van der Waals surface area contributed by atoms with Crippen molar-refractivity contribution in [2.45, 2.75) is 26.7 Å². The molecule has 1 aromatic heterocycles. The Bertz CT molecular complexity index is 812. The third-order valence-corrected chi connectivity index (χ3v) is 4.86. The fraction of sp³-hybridized carbons (Fsp3) is 0.381. The average molecular weight is 348 g/mol. The predicted octanol–water partition coefficient (Wildman–Crippen LogP) is 3.22. The molecule has 26 heavy (non-hydrogen) atoms. The predicted molar refractivity (Wildman–Crippen MR) is 102 cm³/mol. The number of aromatic nitrogens is 1. The van der Waals surface area contributed by atoms with E-state index in [2.05, 4.69) is 27.3 Å². The molecule has 1 aliphatic heterocycles. The summed E-state index contributed by atoms with van der Waals surface area (Å²) >= 11 is 0. The zero-order valence-corrected chi connectivity index (χ0v) is 15.3. The average Bonchev–Trinajstić information content (AvgIpc) is 2.65. The van der Waals surface area contributed by atoms with Crippen LogP contribution in [0.15, 0.2) is 36.5 Å². The summed E-state index contributed by atoms with van der Waals surface area (Å²) in [6, 6.07) is 11.7. The van der Waals surface area contributed by atoms with Crippen LogP contribution in [0.25, 0.3) is 0 Å². The van der Waals surface area contributed by atoms with Gasteiger partial charge < -0.3 is 10.2 Å². The van der Waals surface area contributed by atoms with Gasteiger partial charge >= 0.3 is 0 Å². The van der Waals surface area contributed by atoms with Crippen molar-refractivity contribution in [3.8, 4) is 6.07 Å². The van der Waals surface area contributed by atoms with Gasteiger partial charge in [-0.05, 0) is 56.9 Å². The first-order valence-corrected chi connectivity index (χ1v) is 9.03. The van der Waals surface area contributed by atoms with E-state index in [1.807, 2.05) is 26.0 Å². The maximum absolute atomic E-state index is 12.4. The van der Waals surface area contributed by atoms with E-state index >= 15 is 0 Å². The van der Waals surface area contributed by atoms with Crippen molar-refractivity contribution < 1.29 is 4.79 Å². The smallest absolute Gasteiger partial charge is 0.251 e. The molecule has 2 aromatic rings. The van der Waals surface area contributed by atoms with Gasteiger partial charge in [-0.25, -0.2) is 4.98 Å². The van der Waals surface area contributed by atoms with Gasteiger partial charge in [-0.2, -0.15) is 5.26 Å². The van der Waals surface area contributed by atoms with Crippen LogP contribution in [-0.2, 0) is 0 Å². The van der Waals surface area contributed by atoms with E-state index in [1.54, 1.807) is 18.3 Å². The van der Waals surface area contributed by atoms with E-state index in [9.17, 15) is 10.1 Å². The third-order valence-electron chi connectivity index (χ3n) is 4.86. The molecule has 0 radical (unpaired) electrons. The first-order chi connectivity index (χ1) is 12.6. The highest BCUT2D eigenvalue weighted by Crippen LogP contribution is 2.23. The number of carbonyl (C=O) groups is 1. The van der Waals surface area contributed by atoms with Gasteiger partial charge in [0.15, 0.2) is 0 Å². The quantitative estimate of drug-likeness (QED) is 0.921. The van der Waals surface area contributed by atoms with Gasteiger partial charge in [-0.3, -0.25) is 4.79 Å². The molecular weight excluding hydrogens is 324 g/mol. The monoisotopic (exact) mass is 348 g/mol. The van der Waals surface area contributed by atoms with Crippen molar-refractivity contribution >= 4 is 11.7 Å². The molecule has 5 heteroatoms. The summed E-state index contributed by atoms with van der Waals surface area (Å²) in [4.78, 5) is 18.9. The normalized spacial score (nSPS) is 14.7. The number of nitriles is 1. The molecule has 1 saturated heterocycles. The Hall–Kier alpha value is -2.87. The van der Waals surface area contributed by atoms with Crippen LogP contribution in [-0.4, -0.2) is 30.5 Å². The Kier molecular flexibility index (Phi) is 5.52. The molecule has 0 atom stereocenters. The summed E-state index contributed by atoms with van der Waals surface area (Å²) in [7, 11) is 0. The van der Waals surface area contributed by atoms with Gasteiger partial charge in [-0.15, -0.1) is 0 Å². The van der Waals surface area contributed by atoms with Gasteiger partial charge in [0.25, 0.3) is 5.91 Å². The molecule has 0 unspecified atom stereocenters. The SMILES string of the molecule is Cc1cc(C)cc(C(=O)NCC2CCN(c3ncccc3C#N)CC2)c1. The second kappa shape index (κ2) is 8.01. The van der Waals surface area contributed by atoms with Gasteiger partial charge in [0.1, 0.15) is 11.9 Å². The summed E-state index contributed by atoms with van der Waals surface area (Å²) < 4.78 is 0. The van der Waals surface area contributed by atoms with E-state index in [1.165, 1.54) is 0 Å². The highest BCUT2D eigenvalue weighted by atomic mass is 16.1. The molecule has 3 rings (SSSR count). The lowest BCUT2D eigenvalue weighted by molar-refractivity contribution is 0.0944. The molecule has 1 aliphatic rings. The van der Waals surface area contributed by atoms with Crippen molar-refractivity contribution in [2.24, 2.45) is 5.92 Å². The molecule has 0 spiro atoms. The Morgan fingerprint density at radius 2 is 1.96 bits per heavy atom. The number of rotatable bonds is 4. The molecule has 0 bridgehead atoms. The number of anilines is 1. The van der Waals surface area contributed by atoms with Gasteiger partial charge in [-0.1, -0.05) is 17.2 Å². The number of aryl methyl sites for hydroxylation is 2. The number of pyridine rings is 1. The van der Waals surface area contributed by atoms with E-state index in [0.29, 0.717) is 18.0 Å². The van der Waals surface area contributed by atoms with Crippen molar-refractivity contribution in [1.29, 1.82) is 5.26 Å². The molecule has 1 aromatic carbocycles. The largest absolute Gasteiger partial charge is 0.356 e. The van der Waals surface area contributed by atoms with E-state index < -0.39 is 0 Å². The topological polar surface area (TPSA) is 69.0 Å². The maximum Gasteiger partial charge on any atom is 0.251 e. The van der Waals surface area contributed by atoms with Crippen LogP contribution >= 0.6 is 0 Å². The van der Waals surface area contributed by atoms with Crippen molar-refractivity contribution in [3.05, 3.63) is 58.8 Å². The van der Waals surface area contributed by atoms with Crippen LogP contribution in [0.4, 0.5) is 5.82 Å². The van der Waals surface area contributed by atoms with Crippen LogP contribution in [0.3, 0.4) is 0 Å². The van der Waals surface area contributed by atoms with E-state index in [0.717, 1.165) is 48.4 Å². The Morgan fingerprint density at radius 1 is 1.27 bits per heavy atom. The Balaban J connectivity index is 1.53.